The summed E-state index contributed by atoms with van der Waals surface area (Å²) in [4.78, 5) is 24.1. The summed E-state index contributed by atoms with van der Waals surface area (Å²) in [5.74, 6) is 1.08. The predicted octanol–water partition coefficient (Wildman–Crippen LogP) is 3.00. The number of hydrogen-bond acceptors (Lipinski definition) is 4. The van der Waals surface area contributed by atoms with Gasteiger partial charge in [0.1, 0.15) is 13.2 Å². The third-order valence-electron chi connectivity index (χ3n) is 4.32. The summed E-state index contributed by atoms with van der Waals surface area (Å²) in [6.07, 6.45) is 5.27. The third-order valence-corrected chi connectivity index (χ3v) is 4.32. The monoisotopic (exact) mass is 364 g/mol. The summed E-state index contributed by atoms with van der Waals surface area (Å²) in [5, 5.41) is 5.71. The summed E-state index contributed by atoms with van der Waals surface area (Å²) < 4.78 is 11.0. The first-order valence-corrected chi connectivity index (χ1v) is 8.97. The molecule has 0 bridgehead atoms. The van der Waals surface area contributed by atoms with E-state index in [4.69, 9.17) is 9.47 Å². The number of carbonyl (C=O) groups excluding carboxylic acids is 2. The zero-order valence-electron chi connectivity index (χ0n) is 14.7. The number of fused-ring (bicyclic) bond motifs is 1. The topological polar surface area (TPSA) is 76.7 Å². The first-order valence-electron chi connectivity index (χ1n) is 8.97. The molecule has 2 aromatic rings. The van der Waals surface area contributed by atoms with Crippen LogP contribution in [0.4, 0.5) is 5.69 Å². The van der Waals surface area contributed by atoms with Crippen LogP contribution in [0.3, 0.4) is 0 Å². The van der Waals surface area contributed by atoms with Gasteiger partial charge in [-0.05, 0) is 60.9 Å². The Morgan fingerprint density at radius 2 is 1.70 bits per heavy atom. The van der Waals surface area contributed by atoms with Crippen molar-refractivity contribution in [2.24, 2.45) is 0 Å². The average Bonchev–Trinajstić information content (AvgIpc) is 3.51. The lowest BCUT2D eigenvalue weighted by Gasteiger charge is -2.18. The highest BCUT2D eigenvalue weighted by Gasteiger charge is 2.23. The van der Waals surface area contributed by atoms with Crippen molar-refractivity contribution in [3.8, 4) is 11.5 Å². The molecular weight excluding hydrogens is 344 g/mol. The van der Waals surface area contributed by atoms with Gasteiger partial charge in [0.05, 0.1) is 0 Å². The minimum Gasteiger partial charge on any atom is -0.486 e. The highest BCUT2D eigenvalue weighted by atomic mass is 16.6. The van der Waals surface area contributed by atoms with Crippen LogP contribution < -0.4 is 20.1 Å². The molecule has 2 aliphatic rings. The average molecular weight is 364 g/mol. The van der Waals surface area contributed by atoms with Crippen LogP contribution in [-0.2, 0) is 4.79 Å². The molecule has 6 heteroatoms. The molecule has 2 N–H and O–H groups in total. The molecule has 0 unspecified atom stereocenters. The fourth-order valence-electron chi connectivity index (χ4n) is 2.72. The molecule has 27 heavy (non-hydrogen) atoms. The maximum atomic E-state index is 12.1. The molecule has 4 rings (SSSR count). The van der Waals surface area contributed by atoms with E-state index in [1.165, 1.54) is 6.08 Å². The van der Waals surface area contributed by atoms with Gasteiger partial charge in [0.2, 0.25) is 5.91 Å². The molecule has 1 saturated carbocycles. The summed E-state index contributed by atoms with van der Waals surface area (Å²) in [6.45, 7) is 1.07. The Bertz CT molecular complexity index is 886. The van der Waals surface area contributed by atoms with Gasteiger partial charge < -0.3 is 20.1 Å². The van der Waals surface area contributed by atoms with E-state index in [1.807, 2.05) is 18.2 Å². The van der Waals surface area contributed by atoms with Crippen LogP contribution >= 0.6 is 0 Å². The van der Waals surface area contributed by atoms with Crippen LogP contribution in [0.15, 0.2) is 48.5 Å². The van der Waals surface area contributed by atoms with Crippen LogP contribution in [0, 0.1) is 0 Å². The van der Waals surface area contributed by atoms with Crippen molar-refractivity contribution in [3.63, 3.8) is 0 Å². The zero-order chi connectivity index (χ0) is 18.6. The summed E-state index contributed by atoms with van der Waals surface area (Å²) >= 11 is 0. The Hall–Kier alpha value is -3.28. The quantitative estimate of drug-likeness (QED) is 0.800. The summed E-state index contributed by atoms with van der Waals surface area (Å²) in [5.41, 5.74) is 2.07. The molecule has 1 fully saturated rings. The Morgan fingerprint density at radius 3 is 2.44 bits per heavy atom. The second-order valence-corrected chi connectivity index (χ2v) is 6.55. The van der Waals surface area contributed by atoms with Crippen molar-refractivity contribution in [2.75, 3.05) is 18.5 Å². The van der Waals surface area contributed by atoms with Gasteiger partial charge in [0, 0.05) is 23.4 Å². The van der Waals surface area contributed by atoms with Gasteiger partial charge in [-0.3, -0.25) is 9.59 Å². The molecule has 0 radical (unpaired) electrons. The highest BCUT2D eigenvalue weighted by Crippen LogP contribution is 2.31. The predicted molar refractivity (Wildman–Crippen MR) is 102 cm³/mol. The number of hydrogen-bond donors (Lipinski definition) is 2. The number of ether oxygens (including phenoxy) is 2. The standard InChI is InChI=1S/C21H20N2O4/c24-20(10-2-14-1-9-18-19(13-14)27-12-11-26-18)22-16-5-3-15(4-6-16)21(25)23-17-7-8-17/h1-6,9-10,13,17H,7-8,11-12H2,(H,22,24)(H,23,25)/b10-2+. The van der Waals surface area contributed by atoms with Gasteiger partial charge in [-0.15, -0.1) is 0 Å². The van der Waals surface area contributed by atoms with Crippen LogP contribution in [0.25, 0.3) is 6.08 Å². The number of benzene rings is 2. The Kier molecular flexibility index (Phi) is 4.78. The molecule has 138 valence electrons. The van der Waals surface area contributed by atoms with E-state index in [9.17, 15) is 9.59 Å². The molecule has 1 aliphatic heterocycles. The normalized spacial score (nSPS) is 15.4. The van der Waals surface area contributed by atoms with Crippen molar-refractivity contribution in [2.45, 2.75) is 18.9 Å². The van der Waals surface area contributed by atoms with Crippen LogP contribution in [0.2, 0.25) is 0 Å². The molecule has 1 heterocycles. The van der Waals surface area contributed by atoms with Crippen LogP contribution in [0.5, 0.6) is 11.5 Å². The second kappa shape index (κ2) is 7.53. The number of carbonyl (C=O) groups is 2. The largest absolute Gasteiger partial charge is 0.486 e. The lowest BCUT2D eigenvalue weighted by Crippen LogP contribution is -2.25. The lowest BCUT2D eigenvalue weighted by molar-refractivity contribution is -0.111. The molecule has 0 aromatic heterocycles. The van der Waals surface area contributed by atoms with E-state index in [1.54, 1.807) is 30.3 Å². The number of amides is 2. The molecular formula is C21H20N2O4. The van der Waals surface area contributed by atoms with E-state index in [-0.39, 0.29) is 11.8 Å². The SMILES string of the molecule is O=C(/C=C/c1ccc2c(c1)OCCO2)Nc1ccc(C(=O)NC2CC2)cc1. The van der Waals surface area contributed by atoms with Gasteiger partial charge in [-0.25, -0.2) is 0 Å². The van der Waals surface area contributed by atoms with Crippen molar-refractivity contribution in [1.82, 2.24) is 5.32 Å². The third kappa shape index (κ3) is 4.47. The highest BCUT2D eigenvalue weighted by molar-refractivity contribution is 6.02. The Morgan fingerprint density at radius 1 is 0.963 bits per heavy atom. The van der Waals surface area contributed by atoms with Gasteiger partial charge in [0.15, 0.2) is 11.5 Å². The molecule has 2 amide bonds. The van der Waals surface area contributed by atoms with Crippen LogP contribution in [-0.4, -0.2) is 31.1 Å². The van der Waals surface area contributed by atoms with Gasteiger partial charge in [-0.2, -0.15) is 0 Å². The number of nitrogens with one attached hydrogen (secondary N) is 2. The molecule has 0 atom stereocenters. The number of anilines is 1. The van der Waals surface area contributed by atoms with Crippen molar-refractivity contribution in [1.29, 1.82) is 0 Å². The van der Waals surface area contributed by atoms with Crippen molar-refractivity contribution < 1.29 is 19.1 Å². The fraction of sp³-hybridized carbons (Fsp3) is 0.238. The van der Waals surface area contributed by atoms with E-state index < -0.39 is 0 Å². The van der Waals surface area contributed by atoms with Crippen molar-refractivity contribution >= 4 is 23.6 Å². The lowest BCUT2D eigenvalue weighted by atomic mass is 10.1. The van der Waals surface area contributed by atoms with E-state index in [0.717, 1.165) is 18.4 Å². The number of rotatable bonds is 5. The van der Waals surface area contributed by atoms with E-state index in [2.05, 4.69) is 10.6 Å². The van der Waals surface area contributed by atoms with Gasteiger partial charge in [-0.1, -0.05) is 6.07 Å². The fourth-order valence-corrected chi connectivity index (χ4v) is 2.72. The molecule has 0 spiro atoms. The van der Waals surface area contributed by atoms with E-state index in [0.29, 0.717) is 42.0 Å². The Labute approximate surface area is 157 Å². The smallest absolute Gasteiger partial charge is 0.251 e. The van der Waals surface area contributed by atoms with Crippen LogP contribution in [0.1, 0.15) is 28.8 Å². The van der Waals surface area contributed by atoms with E-state index >= 15 is 0 Å². The summed E-state index contributed by atoms with van der Waals surface area (Å²) in [7, 11) is 0. The van der Waals surface area contributed by atoms with Crippen molar-refractivity contribution in [3.05, 3.63) is 59.7 Å². The maximum absolute atomic E-state index is 12.1. The molecule has 2 aromatic carbocycles. The molecule has 6 nitrogen and oxygen atoms in total. The molecule has 0 saturated heterocycles. The molecule has 1 aliphatic carbocycles. The first kappa shape index (κ1) is 17.1. The van der Waals surface area contributed by atoms with Gasteiger partial charge >= 0.3 is 0 Å². The maximum Gasteiger partial charge on any atom is 0.251 e. The summed E-state index contributed by atoms with van der Waals surface area (Å²) in [6, 6.07) is 12.7. The minimum absolute atomic E-state index is 0.0751. The second-order valence-electron chi connectivity index (χ2n) is 6.55. The first-order chi connectivity index (χ1) is 13.2. The zero-order valence-corrected chi connectivity index (χ0v) is 14.7. The van der Waals surface area contributed by atoms with Gasteiger partial charge in [0.25, 0.3) is 5.91 Å². The minimum atomic E-state index is -0.250. The Balaban J connectivity index is 1.34.